The van der Waals surface area contributed by atoms with E-state index in [1.165, 1.54) is 86.4 Å². The molecule has 56 heavy (non-hydrogen) atoms. The number of rotatable bonds is 5. The first-order valence-electron chi connectivity index (χ1n) is 19.1. The van der Waals surface area contributed by atoms with Gasteiger partial charge in [0, 0.05) is 60.4 Å². The van der Waals surface area contributed by atoms with Crippen LogP contribution in [0.4, 0.5) is 11.4 Å². The highest BCUT2D eigenvalue weighted by atomic mass is 32.1. The van der Waals surface area contributed by atoms with E-state index in [-0.39, 0.29) is 0 Å². The molecule has 3 heteroatoms. The fraction of sp³-hybridized carbons (Fsp3) is 0.0189. The Kier molecular flexibility index (Phi) is 8.63. The SMILES string of the molecule is CN(c1ccc(-c2ccc3c(c2)c2ccccc2n3-c2ccc(-c3ccccc3)cc2)cc1)c1cccc2ccccc12.c1ccc2c(c1)sc1ccccc12. The Balaban J connectivity index is 0.000000248. The topological polar surface area (TPSA) is 8.17 Å². The van der Waals surface area contributed by atoms with Crippen molar-refractivity contribution in [3.05, 3.63) is 212 Å². The van der Waals surface area contributed by atoms with Gasteiger partial charge in [-0.15, -0.1) is 11.3 Å². The van der Waals surface area contributed by atoms with Gasteiger partial charge < -0.3 is 9.47 Å². The molecule has 11 aromatic rings. The second-order valence-corrected chi connectivity index (χ2v) is 15.3. The van der Waals surface area contributed by atoms with Crippen LogP contribution in [0, 0.1) is 0 Å². The van der Waals surface area contributed by atoms with Crippen LogP contribution in [0.3, 0.4) is 0 Å². The molecule has 0 saturated carbocycles. The lowest BCUT2D eigenvalue weighted by molar-refractivity contribution is 1.18. The van der Waals surface area contributed by atoms with Crippen molar-refractivity contribution >= 4 is 75.5 Å². The second kappa shape index (κ2) is 14.4. The van der Waals surface area contributed by atoms with Crippen molar-refractivity contribution in [2.24, 2.45) is 0 Å². The first-order valence-corrected chi connectivity index (χ1v) is 19.9. The maximum absolute atomic E-state index is 2.38. The van der Waals surface area contributed by atoms with Crippen LogP contribution < -0.4 is 4.90 Å². The van der Waals surface area contributed by atoms with Gasteiger partial charge >= 0.3 is 0 Å². The Morgan fingerprint density at radius 3 is 1.62 bits per heavy atom. The van der Waals surface area contributed by atoms with E-state index in [1.807, 2.05) is 11.3 Å². The smallest absolute Gasteiger partial charge is 0.0541 e. The number of thiophene rings is 1. The Labute approximate surface area is 330 Å². The maximum Gasteiger partial charge on any atom is 0.0541 e. The number of hydrogen-bond donors (Lipinski definition) is 0. The zero-order valence-electron chi connectivity index (χ0n) is 31.0. The van der Waals surface area contributed by atoms with Crippen molar-refractivity contribution in [1.29, 1.82) is 0 Å². The molecule has 2 aromatic heterocycles. The molecular weight excluding hydrogens is 697 g/mol. The van der Waals surface area contributed by atoms with Gasteiger partial charge in [-0.25, -0.2) is 0 Å². The summed E-state index contributed by atoms with van der Waals surface area (Å²) < 4.78 is 5.14. The van der Waals surface area contributed by atoms with Gasteiger partial charge in [0.25, 0.3) is 0 Å². The molecule has 0 spiro atoms. The standard InChI is InChI=1S/C41H30N2.C12H8S/c1-42(39-17-9-13-32-12-5-6-14-36(32)39)34-23-18-31(19-24-34)33-22-27-41-38(28-33)37-15-7-8-16-40(37)43(41)35-25-20-30(21-26-35)29-10-3-2-4-11-29;1-3-7-11-9(5-1)10-6-2-4-8-12(10)13-11/h2-28H,1H3;1-8H. The summed E-state index contributed by atoms with van der Waals surface area (Å²) in [6.45, 7) is 0. The van der Waals surface area contributed by atoms with Crippen LogP contribution in [0.25, 0.3) is 80.7 Å². The highest BCUT2D eigenvalue weighted by Gasteiger charge is 2.14. The predicted molar refractivity (Wildman–Crippen MR) is 243 cm³/mol. The Hall–Kier alpha value is -6.94. The highest BCUT2D eigenvalue weighted by molar-refractivity contribution is 7.25. The van der Waals surface area contributed by atoms with E-state index in [9.17, 15) is 0 Å². The monoisotopic (exact) mass is 734 g/mol. The fourth-order valence-corrected chi connectivity index (χ4v) is 9.16. The van der Waals surface area contributed by atoms with Crippen LogP contribution in [-0.2, 0) is 0 Å². The lowest BCUT2D eigenvalue weighted by Crippen LogP contribution is -2.09. The van der Waals surface area contributed by atoms with Gasteiger partial charge in [0.1, 0.15) is 0 Å². The molecule has 0 aliphatic heterocycles. The van der Waals surface area contributed by atoms with Gasteiger partial charge in [-0.3, -0.25) is 0 Å². The fourth-order valence-electron chi connectivity index (χ4n) is 8.06. The van der Waals surface area contributed by atoms with E-state index >= 15 is 0 Å². The van der Waals surface area contributed by atoms with Gasteiger partial charge in [-0.2, -0.15) is 0 Å². The molecule has 0 N–H and O–H groups in total. The van der Waals surface area contributed by atoms with Crippen LogP contribution in [0.15, 0.2) is 212 Å². The molecule has 0 fully saturated rings. The summed E-state index contributed by atoms with van der Waals surface area (Å²) in [7, 11) is 2.14. The third kappa shape index (κ3) is 6.09. The summed E-state index contributed by atoms with van der Waals surface area (Å²) in [5, 5.41) is 7.79. The van der Waals surface area contributed by atoms with Crippen molar-refractivity contribution in [2.75, 3.05) is 11.9 Å². The molecule has 9 aromatic carbocycles. The summed E-state index contributed by atoms with van der Waals surface area (Å²) in [5.74, 6) is 0. The van der Waals surface area contributed by atoms with E-state index in [2.05, 4.69) is 229 Å². The average Bonchev–Trinajstić information content (AvgIpc) is 3.82. The van der Waals surface area contributed by atoms with E-state index in [0.717, 1.165) is 5.69 Å². The molecule has 11 rings (SSSR count). The van der Waals surface area contributed by atoms with Gasteiger partial charge in [-0.05, 0) is 88.3 Å². The van der Waals surface area contributed by atoms with Crippen LogP contribution in [0.2, 0.25) is 0 Å². The molecule has 0 saturated heterocycles. The van der Waals surface area contributed by atoms with Crippen LogP contribution in [-0.4, -0.2) is 11.6 Å². The second-order valence-electron chi connectivity index (χ2n) is 14.2. The summed E-state index contributed by atoms with van der Waals surface area (Å²) >= 11 is 1.86. The Morgan fingerprint density at radius 2 is 0.893 bits per heavy atom. The third-order valence-electron chi connectivity index (χ3n) is 10.9. The van der Waals surface area contributed by atoms with E-state index in [1.54, 1.807) is 0 Å². The van der Waals surface area contributed by atoms with Gasteiger partial charge in [0.2, 0.25) is 0 Å². The molecule has 0 bridgehead atoms. The summed E-state index contributed by atoms with van der Waals surface area (Å²) in [4.78, 5) is 2.27. The number of fused-ring (bicyclic) bond motifs is 7. The molecule has 2 heterocycles. The Morgan fingerprint density at radius 1 is 0.375 bits per heavy atom. The van der Waals surface area contributed by atoms with Crippen LogP contribution in [0.5, 0.6) is 0 Å². The third-order valence-corrected chi connectivity index (χ3v) is 12.1. The Bertz CT molecular complexity index is 3080. The molecule has 266 valence electrons. The van der Waals surface area contributed by atoms with Crippen molar-refractivity contribution < 1.29 is 0 Å². The maximum atomic E-state index is 2.38. The van der Waals surface area contributed by atoms with Gasteiger partial charge in [-0.1, -0.05) is 152 Å². The zero-order chi connectivity index (χ0) is 37.4. The normalized spacial score (nSPS) is 11.3. The minimum Gasteiger partial charge on any atom is -0.344 e. The van der Waals surface area contributed by atoms with E-state index < -0.39 is 0 Å². The summed E-state index contributed by atoms with van der Waals surface area (Å²) in [5.41, 5.74) is 10.8. The van der Waals surface area contributed by atoms with Gasteiger partial charge in [0.15, 0.2) is 0 Å². The number of aromatic nitrogens is 1. The number of para-hydroxylation sites is 1. The average molecular weight is 735 g/mol. The minimum absolute atomic E-state index is 1.16. The zero-order valence-corrected chi connectivity index (χ0v) is 31.8. The van der Waals surface area contributed by atoms with Crippen molar-refractivity contribution in [2.45, 2.75) is 0 Å². The number of nitrogens with zero attached hydrogens (tertiary/aromatic N) is 2. The molecule has 0 unspecified atom stereocenters. The van der Waals surface area contributed by atoms with Crippen LogP contribution >= 0.6 is 11.3 Å². The molecule has 0 atom stereocenters. The summed E-state index contributed by atoms with van der Waals surface area (Å²) in [6, 6.07) is 76.1. The van der Waals surface area contributed by atoms with Crippen molar-refractivity contribution in [1.82, 2.24) is 4.57 Å². The lowest BCUT2D eigenvalue weighted by atomic mass is 10.0. The number of benzene rings is 9. The molecule has 0 radical (unpaired) electrons. The lowest BCUT2D eigenvalue weighted by Gasteiger charge is -2.22. The number of hydrogen-bond acceptors (Lipinski definition) is 2. The summed E-state index contributed by atoms with van der Waals surface area (Å²) in [6.07, 6.45) is 0. The van der Waals surface area contributed by atoms with Crippen LogP contribution in [0.1, 0.15) is 0 Å². The van der Waals surface area contributed by atoms with Crippen molar-refractivity contribution in [3.8, 4) is 27.9 Å². The first-order chi connectivity index (χ1) is 27.7. The van der Waals surface area contributed by atoms with E-state index in [4.69, 9.17) is 0 Å². The predicted octanol–water partition coefficient (Wildman–Crippen LogP) is 15.1. The van der Waals surface area contributed by atoms with Gasteiger partial charge in [0.05, 0.1) is 11.0 Å². The molecular formula is C53H38N2S. The molecule has 2 nitrogen and oxygen atoms in total. The van der Waals surface area contributed by atoms with E-state index in [0.29, 0.717) is 0 Å². The number of anilines is 2. The molecule has 0 aliphatic carbocycles. The quantitative estimate of drug-likeness (QED) is 0.171. The van der Waals surface area contributed by atoms with Crippen molar-refractivity contribution in [3.63, 3.8) is 0 Å². The molecule has 0 amide bonds. The minimum atomic E-state index is 1.16. The first kappa shape index (κ1) is 33.6. The molecule has 0 aliphatic rings. The highest BCUT2D eigenvalue weighted by Crippen LogP contribution is 2.37. The largest absolute Gasteiger partial charge is 0.344 e.